The molecule has 1 unspecified atom stereocenters. The first-order valence-corrected chi connectivity index (χ1v) is 4.74. The number of hydrogen-bond donors (Lipinski definition) is 1. The molecule has 0 radical (unpaired) electrons. The maximum atomic E-state index is 12.6. The highest BCUT2D eigenvalue weighted by molar-refractivity contribution is 5.43. The standard InChI is InChI=1S/C11H11F3O/c1-10(15)6-5-7-8(10)3-2-4-9(7)11(12,13)14/h2-4,15H,5-6H2,1H3. The van der Waals surface area contributed by atoms with Crippen molar-refractivity contribution in [2.75, 3.05) is 0 Å². The normalized spacial score (nSPS) is 25.4. The molecule has 0 aliphatic heterocycles. The Bertz CT molecular complexity index is 393. The highest BCUT2D eigenvalue weighted by Crippen LogP contribution is 2.42. The number of hydrogen-bond acceptors (Lipinski definition) is 1. The first-order chi connectivity index (χ1) is 6.82. The highest BCUT2D eigenvalue weighted by atomic mass is 19.4. The van der Waals surface area contributed by atoms with E-state index >= 15 is 0 Å². The van der Waals surface area contributed by atoms with Crippen LogP contribution in [0.4, 0.5) is 13.2 Å². The molecule has 0 amide bonds. The summed E-state index contributed by atoms with van der Waals surface area (Å²) in [4.78, 5) is 0. The number of alkyl halides is 3. The Labute approximate surface area is 85.5 Å². The number of benzene rings is 1. The Morgan fingerprint density at radius 3 is 2.60 bits per heavy atom. The number of halogens is 3. The van der Waals surface area contributed by atoms with Crippen molar-refractivity contribution in [3.8, 4) is 0 Å². The number of rotatable bonds is 0. The average molecular weight is 216 g/mol. The molecule has 1 atom stereocenters. The van der Waals surface area contributed by atoms with Crippen LogP contribution in [0.1, 0.15) is 30.0 Å². The lowest BCUT2D eigenvalue weighted by molar-refractivity contribution is -0.138. The minimum Gasteiger partial charge on any atom is -0.385 e. The van der Waals surface area contributed by atoms with E-state index in [1.807, 2.05) is 0 Å². The molecule has 0 bridgehead atoms. The second-order valence-corrected chi connectivity index (χ2v) is 4.10. The molecule has 1 aromatic rings. The molecule has 1 aliphatic carbocycles. The minimum atomic E-state index is -4.33. The average Bonchev–Trinajstić information content (AvgIpc) is 2.41. The highest BCUT2D eigenvalue weighted by Gasteiger charge is 2.40. The van der Waals surface area contributed by atoms with Crippen molar-refractivity contribution in [2.45, 2.75) is 31.5 Å². The Morgan fingerprint density at radius 2 is 2.00 bits per heavy atom. The zero-order chi connectivity index (χ0) is 11.3. The summed E-state index contributed by atoms with van der Waals surface area (Å²) in [6, 6.07) is 3.99. The molecule has 1 nitrogen and oxygen atoms in total. The lowest BCUT2D eigenvalue weighted by Gasteiger charge is -2.18. The van der Waals surface area contributed by atoms with Gasteiger partial charge in [0.15, 0.2) is 0 Å². The van der Waals surface area contributed by atoms with Crippen molar-refractivity contribution in [1.29, 1.82) is 0 Å². The van der Waals surface area contributed by atoms with E-state index in [-0.39, 0.29) is 12.0 Å². The molecule has 4 heteroatoms. The van der Waals surface area contributed by atoms with Crippen LogP contribution in [0.3, 0.4) is 0 Å². The SMILES string of the molecule is CC1(O)CCc2c(C(F)(F)F)cccc21. The number of aliphatic hydroxyl groups is 1. The summed E-state index contributed by atoms with van der Waals surface area (Å²) in [6.45, 7) is 1.55. The van der Waals surface area contributed by atoms with E-state index < -0.39 is 17.3 Å². The summed E-state index contributed by atoms with van der Waals surface area (Å²) >= 11 is 0. The van der Waals surface area contributed by atoms with Gasteiger partial charge < -0.3 is 5.11 Å². The van der Waals surface area contributed by atoms with Gasteiger partial charge in [0.2, 0.25) is 0 Å². The molecule has 0 saturated heterocycles. The molecule has 1 N–H and O–H groups in total. The summed E-state index contributed by atoms with van der Waals surface area (Å²) < 4.78 is 37.8. The molecule has 0 saturated carbocycles. The second-order valence-electron chi connectivity index (χ2n) is 4.10. The molecule has 2 rings (SSSR count). The molecule has 0 aromatic heterocycles. The lowest BCUT2D eigenvalue weighted by atomic mass is 9.96. The lowest BCUT2D eigenvalue weighted by Crippen LogP contribution is -2.17. The van der Waals surface area contributed by atoms with Crippen LogP contribution < -0.4 is 0 Å². The summed E-state index contributed by atoms with van der Waals surface area (Å²) in [7, 11) is 0. The summed E-state index contributed by atoms with van der Waals surface area (Å²) in [5, 5.41) is 9.87. The summed E-state index contributed by atoms with van der Waals surface area (Å²) in [6.07, 6.45) is -3.68. The fourth-order valence-corrected chi connectivity index (χ4v) is 2.13. The molecular weight excluding hydrogens is 205 g/mol. The van der Waals surface area contributed by atoms with Crippen LogP contribution in [0.15, 0.2) is 18.2 Å². The van der Waals surface area contributed by atoms with Gasteiger partial charge in [0, 0.05) is 0 Å². The predicted molar refractivity (Wildman–Crippen MR) is 49.3 cm³/mol. The van der Waals surface area contributed by atoms with Crippen LogP contribution in [0.5, 0.6) is 0 Å². The van der Waals surface area contributed by atoms with E-state index in [2.05, 4.69) is 0 Å². The third-order valence-electron chi connectivity index (χ3n) is 2.92. The largest absolute Gasteiger partial charge is 0.416 e. The summed E-state index contributed by atoms with van der Waals surface area (Å²) in [5.74, 6) is 0. The topological polar surface area (TPSA) is 20.2 Å². The Kier molecular flexibility index (Phi) is 2.08. The molecule has 0 fully saturated rings. The van der Waals surface area contributed by atoms with Crippen LogP contribution in [-0.2, 0) is 18.2 Å². The van der Waals surface area contributed by atoms with E-state index in [4.69, 9.17) is 0 Å². The van der Waals surface area contributed by atoms with Gasteiger partial charge in [0.05, 0.1) is 11.2 Å². The van der Waals surface area contributed by atoms with E-state index in [0.717, 1.165) is 6.07 Å². The van der Waals surface area contributed by atoms with Crippen LogP contribution in [0.2, 0.25) is 0 Å². The van der Waals surface area contributed by atoms with Gasteiger partial charge in [0.1, 0.15) is 0 Å². The zero-order valence-electron chi connectivity index (χ0n) is 8.23. The van der Waals surface area contributed by atoms with Gasteiger partial charge in [-0.2, -0.15) is 13.2 Å². The molecular formula is C11H11F3O. The van der Waals surface area contributed by atoms with Crippen molar-refractivity contribution in [2.24, 2.45) is 0 Å². The van der Waals surface area contributed by atoms with Gasteiger partial charge >= 0.3 is 6.18 Å². The smallest absolute Gasteiger partial charge is 0.385 e. The first kappa shape index (κ1) is 10.5. The molecule has 82 valence electrons. The van der Waals surface area contributed by atoms with Gasteiger partial charge in [-0.3, -0.25) is 0 Å². The molecule has 0 heterocycles. The van der Waals surface area contributed by atoms with Crippen molar-refractivity contribution < 1.29 is 18.3 Å². The van der Waals surface area contributed by atoms with Crippen molar-refractivity contribution in [3.05, 3.63) is 34.9 Å². The van der Waals surface area contributed by atoms with Crippen LogP contribution in [0, 0.1) is 0 Å². The molecule has 1 aliphatic rings. The third kappa shape index (κ3) is 1.63. The quantitative estimate of drug-likeness (QED) is 0.707. The van der Waals surface area contributed by atoms with Gasteiger partial charge in [-0.15, -0.1) is 0 Å². The summed E-state index contributed by atoms with van der Waals surface area (Å²) in [5.41, 5.74) is -1.07. The number of fused-ring (bicyclic) bond motifs is 1. The molecule has 0 spiro atoms. The molecule has 1 aromatic carbocycles. The van der Waals surface area contributed by atoms with Crippen molar-refractivity contribution >= 4 is 0 Å². The van der Waals surface area contributed by atoms with Gasteiger partial charge in [-0.25, -0.2) is 0 Å². The Hall–Kier alpha value is -1.03. The Morgan fingerprint density at radius 1 is 1.33 bits per heavy atom. The molecule has 15 heavy (non-hydrogen) atoms. The minimum absolute atomic E-state index is 0.245. The maximum absolute atomic E-state index is 12.6. The van der Waals surface area contributed by atoms with Gasteiger partial charge in [-0.1, -0.05) is 12.1 Å². The Balaban J connectivity index is 2.60. The van der Waals surface area contributed by atoms with Crippen LogP contribution >= 0.6 is 0 Å². The third-order valence-corrected chi connectivity index (χ3v) is 2.92. The first-order valence-electron chi connectivity index (χ1n) is 4.74. The van der Waals surface area contributed by atoms with E-state index in [0.29, 0.717) is 12.0 Å². The second kappa shape index (κ2) is 2.98. The van der Waals surface area contributed by atoms with E-state index in [1.165, 1.54) is 6.07 Å². The van der Waals surface area contributed by atoms with E-state index in [9.17, 15) is 18.3 Å². The van der Waals surface area contributed by atoms with Crippen molar-refractivity contribution in [3.63, 3.8) is 0 Å². The van der Waals surface area contributed by atoms with Crippen LogP contribution in [0.25, 0.3) is 0 Å². The zero-order valence-corrected chi connectivity index (χ0v) is 8.23. The maximum Gasteiger partial charge on any atom is 0.416 e. The van der Waals surface area contributed by atoms with Crippen molar-refractivity contribution in [1.82, 2.24) is 0 Å². The van der Waals surface area contributed by atoms with E-state index in [1.54, 1.807) is 13.0 Å². The monoisotopic (exact) mass is 216 g/mol. The van der Waals surface area contributed by atoms with Crippen LogP contribution in [-0.4, -0.2) is 5.11 Å². The fourth-order valence-electron chi connectivity index (χ4n) is 2.13. The van der Waals surface area contributed by atoms with Gasteiger partial charge in [0.25, 0.3) is 0 Å². The van der Waals surface area contributed by atoms with Gasteiger partial charge in [-0.05, 0) is 37.0 Å². The predicted octanol–water partition coefficient (Wildman–Crippen LogP) is 2.86. The fraction of sp³-hybridized carbons (Fsp3) is 0.455.